The minimum atomic E-state index is -4.48. The second-order valence-electron chi connectivity index (χ2n) is 9.27. The molecule has 1 nitrogen and oxygen atoms in total. The van der Waals surface area contributed by atoms with Gasteiger partial charge in [-0.3, -0.25) is 4.74 Å². The van der Waals surface area contributed by atoms with E-state index in [0.717, 1.165) is 30.6 Å². The monoisotopic (exact) mass is 386 g/mol. The predicted octanol–water partition coefficient (Wildman–Crippen LogP) is 7.80. The summed E-state index contributed by atoms with van der Waals surface area (Å²) in [4.78, 5) is 0. The zero-order valence-corrected chi connectivity index (χ0v) is 16.9. The normalized spacial score (nSPS) is 35.7. The second-order valence-corrected chi connectivity index (χ2v) is 9.27. The summed E-state index contributed by atoms with van der Waals surface area (Å²) in [6.45, 7) is 2.29. The lowest BCUT2D eigenvalue weighted by Gasteiger charge is -2.37. The van der Waals surface area contributed by atoms with E-state index < -0.39 is 12.5 Å². The molecule has 0 spiro atoms. The Bertz CT molecular complexity index is 469. The van der Waals surface area contributed by atoms with Crippen LogP contribution in [0.15, 0.2) is 11.6 Å². The zero-order valence-electron chi connectivity index (χ0n) is 16.9. The molecular formula is C23H37F3O. The van der Waals surface area contributed by atoms with Gasteiger partial charge < -0.3 is 0 Å². The Morgan fingerprint density at radius 2 is 1.63 bits per heavy atom. The Kier molecular flexibility index (Phi) is 7.70. The third-order valence-corrected chi connectivity index (χ3v) is 7.51. The molecule has 0 heterocycles. The van der Waals surface area contributed by atoms with Gasteiger partial charge in [0.25, 0.3) is 0 Å². The molecule has 0 saturated heterocycles. The lowest BCUT2D eigenvalue weighted by Crippen LogP contribution is -2.29. The minimum Gasteiger partial charge on any atom is -0.289 e. The molecular weight excluding hydrogens is 349 g/mol. The Balaban J connectivity index is 1.39. The molecule has 2 saturated carbocycles. The molecule has 0 radical (unpaired) electrons. The highest BCUT2D eigenvalue weighted by molar-refractivity contribution is 5.12. The highest BCUT2D eigenvalue weighted by Crippen LogP contribution is 2.43. The van der Waals surface area contributed by atoms with Gasteiger partial charge in [-0.05, 0) is 81.5 Å². The fourth-order valence-electron chi connectivity index (χ4n) is 5.86. The highest BCUT2D eigenvalue weighted by Gasteiger charge is 2.36. The van der Waals surface area contributed by atoms with Crippen molar-refractivity contribution in [2.24, 2.45) is 23.7 Å². The molecule has 0 aromatic heterocycles. The molecule has 2 fully saturated rings. The van der Waals surface area contributed by atoms with E-state index in [0.29, 0.717) is 18.8 Å². The highest BCUT2D eigenvalue weighted by atomic mass is 19.4. The van der Waals surface area contributed by atoms with E-state index in [9.17, 15) is 13.2 Å². The van der Waals surface area contributed by atoms with Crippen LogP contribution in [-0.4, -0.2) is 12.5 Å². The molecule has 0 N–H and O–H groups in total. The summed E-state index contributed by atoms with van der Waals surface area (Å²) < 4.78 is 41.3. The van der Waals surface area contributed by atoms with Gasteiger partial charge in [-0.15, -0.1) is 13.2 Å². The summed E-state index contributed by atoms with van der Waals surface area (Å²) in [7, 11) is 0. The molecule has 0 aromatic carbocycles. The molecule has 3 rings (SSSR count). The van der Waals surface area contributed by atoms with Crippen molar-refractivity contribution in [3.05, 3.63) is 11.6 Å². The molecule has 0 amide bonds. The summed E-state index contributed by atoms with van der Waals surface area (Å²) in [6, 6.07) is 0. The predicted molar refractivity (Wildman–Crippen MR) is 103 cm³/mol. The Morgan fingerprint density at radius 3 is 2.19 bits per heavy atom. The molecule has 0 aromatic rings. The largest absolute Gasteiger partial charge is 0.522 e. The number of hydrogen-bond donors (Lipinski definition) is 0. The van der Waals surface area contributed by atoms with Crippen LogP contribution < -0.4 is 0 Å². The fourth-order valence-corrected chi connectivity index (χ4v) is 5.86. The smallest absolute Gasteiger partial charge is 0.289 e. The van der Waals surface area contributed by atoms with E-state index in [1.54, 1.807) is 0 Å². The first-order valence-electron chi connectivity index (χ1n) is 11.4. The molecule has 3 aliphatic rings. The summed E-state index contributed by atoms with van der Waals surface area (Å²) in [5.41, 5.74) is 1.54. The van der Waals surface area contributed by atoms with Crippen LogP contribution in [0, 0.1) is 23.7 Å². The van der Waals surface area contributed by atoms with E-state index in [-0.39, 0.29) is 0 Å². The van der Waals surface area contributed by atoms with Crippen LogP contribution in [0.25, 0.3) is 0 Å². The van der Waals surface area contributed by atoms with E-state index >= 15 is 0 Å². The maximum atomic E-state index is 12.4. The van der Waals surface area contributed by atoms with Crippen LogP contribution in [0.2, 0.25) is 0 Å². The van der Waals surface area contributed by atoms with E-state index in [1.165, 1.54) is 69.8 Å². The number of alkyl halides is 3. The van der Waals surface area contributed by atoms with Gasteiger partial charge in [0.15, 0.2) is 0 Å². The molecule has 0 aliphatic heterocycles. The van der Waals surface area contributed by atoms with Gasteiger partial charge >= 0.3 is 6.36 Å². The summed E-state index contributed by atoms with van der Waals surface area (Å²) in [6.07, 6.45) is 13.7. The molecule has 156 valence electrons. The van der Waals surface area contributed by atoms with Crippen molar-refractivity contribution in [3.63, 3.8) is 0 Å². The number of ether oxygens (including phenoxy) is 1. The standard InChI is InChI=1S/C23H37F3O/c1-2-3-4-17-5-7-18(8-6-17)19-9-11-20(12-10-19)21-13-15-22(16-14-21)27-23(24,25)26/h11,17-19,21-22H,2-10,12-16H2,1H3. The molecule has 1 unspecified atom stereocenters. The van der Waals surface area contributed by atoms with Crippen LogP contribution in [0.1, 0.15) is 96.8 Å². The van der Waals surface area contributed by atoms with Crippen LogP contribution in [0.4, 0.5) is 13.2 Å². The maximum absolute atomic E-state index is 12.4. The van der Waals surface area contributed by atoms with Crippen LogP contribution >= 0.6 is 0 Å². The van der Waals surface area contributed by atoms with Gasteiger partial charge in [-0.2, -0.15) is 0 Å². The molecule has 4 heteroatoms. The number of unbranched alkanes of at least 4 members (excludes halogenated alkanes) is 1. The number of rotatable bonds is 6. The van der Waals surface area contributed by atoms with Crippen LogP contribution in [0.3, 0.4) is 0 Å². The Labute approximate surface area is 163 Å². The van der Waals surface area contributed by atoms with Crippen LogP contribution in [0.5, 0.6) is 0 Å². The fraction of sp³-hybridized carbons (Fsp3) is 0.913. The van der Waals surface area contributed by atoms with Crippen molar-refractivity contribution < 1.29 is 17.9 Å². The van der Waals surface area contributed by atoms with Crippen molar-refractivity contribution in [2.75, 3.05) is 0 Å². The van der Waals surface area contributed by atoms with E-state index in [4.69, 9.17) is 0 Å². The first-order valence-corrected chi connectivity index (χ1v) is 11.4. The van der Waals surface area contributed by atoms with Crippen molar-refractivity contribution in [1.82, 2.24) is 0 Å². The SMILES string of the molecule is CCCCC1CCC(C2CC=C(C3CCC(OC(F)(F)F)CC3)CC2)CC1. The van der Waals surface area contributed by atoms with Gasteiger partial charge in [0, 0.05) is 0 Å². The maximum Gasteiger partial charge on any atom is 0.522 e. The van der Waals surface area contributed by atoms with Gasteiger partial charge in [0.1, 0.15) is 0 Å². The first kappa shape index (κ1) is 21.2. The van der Waals surface area contributed by atoms with E-state index in [2.05, 4.69) is 17.7 Å². The van der Waals surface area contributed by atoms with Crippen molar-refractivity contribution in [3.8, 4) is 0 Å². The number of allylic oxidation sites excluding steroid dienone is 2. The number of hydrogen-bond acceptors (Lipinski definition) is 1. The van der Waals surface area contributed by atoms with Gasteiger partial charge in [-0.25, -0.2) is 0 Å². The molecule has 27 heavy (non-hydrogen) atoms. The van der Waals surface area contributed by atoms with Gasteiger partial charge in [0.2, 0.25) is 0 Å². The third-order valence-electron chi connectivity index (χ3n) is 7.51. The lowest BCUT2D eigenvalue weighted by atomic mass is 9.69. The third kappa shape index (κ3) is 6.51. The average Bonchev–Trinajstić information content (AvgIpc) is 2.66. The Hall–Kier alpha value is -0.510. The van der Waals surface area contributed by atoms with Crippen LogP contribution in [-0.2, 0) is 4.74 Å². The average molecular weight is 387 g/mol. The lowest BCUT2D eigenvalue weighted by molar-refractivity contribution is -0.345. The van der Waals surface area contributed by atoms with Crippen molar-refractivity contribution >= 4 is 0 Å². The quantitative estimate of drug-likeness (QED) is 0.423. The summed E-state index contributed by atoms with van der Waals surface area (Å²) in [5.74, 6) is 3.25. The molecule has 0 bridgehead atoms. The molecule has 1 atom stereocenters. The number of halogens is 3. The summed E-state index contributed by atoms with van der Waals surface area (Å²) in [5, 5.41) is 0. The van der Waals surface area contributed by atoms with Gasteiger partial charge in [-0.1, -0.05) is 50.7 Å². The van der Waals surface area contributed by atoms with E-state index in [1.807, 2.05) is 0 Å². The van der Waals surface area contributed by atoms with Crippen molar-refractivity contribution in [1.29, 1.82) is 0 Å². The molecule has 3 aliphatic carbocycles. The zero-order chi connectivity index (χ0) is 19.3. The summed E-state index contributed by atoms with van der Waals surface area (Å²) >= 11 is 0. The first-order chi connectivity index (χ1) is 12.9. The Morgan fingerprint density at radius 1 is 0.926 bits per heavy atom. The topological polar surface area (TPSA) is 9.23 Å². The van der Waals surface area contributed by atoms with Crippen molar-refractivity contribution in [2.45, 2.75) is 109 Å². The minimum absolute atomic E-state index is 0.504. The van der Waals surface area contributed by atoms with Gasteiger partial charge in [0.05, 0.1) is 6.10 Å². The second kappa shape index (κ2) is 9.80.